The zero-order valence-electron chi connectivity index (χ0n) is 10.2. The summed E-state index contributed by atoms with van der Waals surface area (Å²) in [5.74, 6) is -2.82. The van der Waals surface area contributed by atoms with Gasteiger partial charge < -0.3 is 5.73 Å². The molecule has 2 N–H and O–H groups in total. The predicted molar refractivity (Wildman–Crippen MR) is 69.3 cm³/mol. The standard InChI is InChI=1S/C15H15F2N/c1-15(16,17)14-7-3-6-13(9-14)12-5-2-4-11(8-12)10-18/h2-9H,10,18H2,1H3. The maximum atomic E-state index is 13.3. The Balaban J connectivity index is 2.44. The van der Waals surface area contributed by atoms with E-state index in [1.807, 2.05) is 30.3 Å². The van der Waals surface area contributed by atoms with Crippen molar-refractivity contribution in [3.63, 3.8) is 0 Å². The van der Waals surface area contributed by atoms with Gasteiger partial charge in [-0.05, 0) is 28.8 Å². The Morgan fingerprint density at radius 2 is 1.61 bits per heavy atom. The molecule has 0 aliphatic heterocycles. The van der Waals surface area contributed by atoms with Crippen molar-refractivity contribution in [2.24, 2.45) is 5.73 Å². The van der Waals surface area contributed by atoms with E-state index in [1.54, 1.807) is 6.07 Å². The predicted octanol–water partition coefficient (Wildman–Crippen LogP) is 3.92. The van der Waals surface area contributed by atoms with Crippen LogP contribution in [-0.4, -0.2) is 0 Å². The second-order valence-corrected chi connectivity index (χ2v) is 4.37. The largest absolute Gasteiger partial charge is 0.326 e. The van der Waals surface area contributed by atoms with E-state index < -0.39 is 5.92 Å². The molecule has 0 spiro atoms. The highest BCUT2D eigenvalue weighted by Gasteiger charge is 2.24. The minimum absolute atomic E-state index is 0.0261. The Morgan fingerprint density at radius 3 is 2.22 bits per heavy atom. The fraction of sp³-hybridized carbons (Fsp3) is 0.200. The molecule has 0 aromatic heterocycles. The zero-order chi connectivity index (χ0) is 13.2. The minimum Gasteiger partial charge on any atom is -0.326 e. The van der Waals surface area contributed by atoms with Crippen LogP contribution in [0.1, 0.15) is 18.1 Å². The molecule has 0 radical (unpaired) electrons. The van der Waals surface area contributed by atoms with E-state index >= 15 is 0 Å². The van der Waals surface area contributed by atoms with E-state index in [4.69, 9.17) is 5.73 Å². The van der Waals surface area contributed by atoms with Gasteiger partial charge in [-0.1, -0.05) is 36.4 Å². The molecule has 3 heteroatoms. The van der Waals surface area contributed by atoms with E-state index in [9.17, 15) is 8.78 Å². The van der Waals surface area contributed by atoms with Crippen LogP contribution in [0.5, 0.6) is 0 Å². The Bertz CT molecular complexity index is 544. The summed E-state index contributed by atoms with van der Waals surface area (Å²) in [4.78, 5) is 0. The van der Waals surface area contributed by atoms with Crippen LogP contribution in [0.4, 0.5) is 8.78 Å². The average Bonchev–Trinajstić information content (AvgIpc) is 2.38. The summed E-state index contributed by atoms with van der Waals surface area (Å²) < 4.78 is 26.6. The van der Waals surface area contributed by atoms with Crippen molar-refractivity contribution >= 4 is 0 Å². The Kier molecular flexibility index (Phi) is 3.43. The molecule has 2 aromatic carbocycles. The molecular weight excluding hydrogens is 232 g/mol. The van der Waals surface area contributed by atoms with Gasteiger partial charge in [-0.3, -0.25) is 0 Å². The summed E-state index contributed by atoms with van der Waals surface area (Å²) in [6.07, 6.45) is 0. The van der Waals surface area contributed by atoms with E-state index in [1.165, 1.54) is 12.1 Å². The first kappa shape index (κ1) is 12.7. The number of alkyl halides is 2. The van der Waals surface area contributed by atoms with Crippen LogP contribution >= 0.6 is 0 Å². The molecule has 0 bridgehead atoms. The van der Waals surface area contributed by atoms with Gasteiger partial charge in [0.05, 0.1) is 0 Å². The third-order valence-corrected chi connectivity index (χ3v) is 2.87. The molecule has 0 atom stereocenters. The van der Waals surface area contributed by atoms with Crippen LogP contribution in [0.15, 0.2) is 48.5 Å². The average molecular weight is 247 g/mol. The first-order valence-corrected chi connectivity index (χ1v) is 5.78. The maximum Gasteiger partial charge on any atom is 0.270 e. The molecule has 0 fully saturated rings. The van der Waals surface area contributed by atoms with Gasteiger partial charge in [0, 0.05) is 19.0 Å². The molecule has 2 rings (SSSR count). The number of hydrogen-bond acceptors (Lipinski definition) is 1. The molecule has 1 nitrogen and oxygen atoms in total. The molecule has 0 heterocycles. The summed E-state index contributed by atoms with van der Waals surface area (Å²) in [5, 5.41) is 0. The molecule has 0 aliphatic rings. The lowest BCUT2D eigenvalue weighted by Crippen LogP contribution is -2.06. The molecule has 0 saturated carbocycles. The van der Waals surface area contributed by atoms with Crippen molar-refractivity contribution in [2.45, 2.75) is 19.4 Å². The quantitative estimate of drug-likeness (QED) is 0.874. The topological polar surface area (TPSA) is 26.0 Å². The lowest BCUT2D eigenvalue weighted by Gasteiger charge is -2.12. The van der Waals surface area contributed by atoms with Gasteiger partial charge in [-0.2, -0.15) is 0 Å². The van der Waals surface area contributed by atoms with Crippen LogP contribution in [0.2, 0.25) is 0 Å². The first-order chi connectivity index (χ1) is 8.50. The highest BCUT2D eigenvalue weighted by molar-refractivity contribution is 5.65. The van der Waals surface area contributed by atoms with Crippen molar-refractivity contribution < 1.29 is 8.78 Å². The van der Waals surface area contributed by atoms with E-state index in [0.29, 0.717) is 6.54 Å². The molecular formula is C15H15F2N. The second kappa shape index (κ2) is 4.86. The van der Waals surface area contributed by atoms with Gasteiger partial charge in [-0.15, -0.1) is 0 Å². The third kappa shape index (κ3) is 2.74. The third-order valence-electron chi connectivity index (χ3n) is 2.87. The van der Waals surface area contributed by atoms with Gasteiger partial charge in [-0.25, -0.2) is 8.78 Å². The van der Waals surface area contributed by atoms with Crippen LogP contribution < -0.4 is 5.73 Å². The number of hydrogen-bond donors (Lipinski definition) is 1. The first-order valence-electron chi connectivity index (χ1n) is 5.78. The number of nitrogens with two attached hydrogens (primary N) is 1. The van der Waals surface area contributed by atoms with Crippen molar-refractivity contribution in [2.75, 3.05) is 0 Å². The summed E-state index contributed by atoms with van der Waals surface area (Å²) >= 11 is 0. The van der Waals surface area contributed by atoms with Gasteiger partial charge in [0.1, 0.15) is 0 Å². The Labute approximate surface area is 105 Å². The number of benzene rings is 2. The van der Waals surface area contributed by atoms with E-state index in [0.717, 1.165) is 23.6 Å². The van der Waals surface area contributed by atoms with Crippen molar-refractivity contribution in [3.05, 3.63) is 59.7 Å². The molecule has 0 saturated heterocycles. The Morgan fingerprint density at radius 1 is 1.00 bits per heavy atom. The van der Waals surface area contributed by atoms with Crippen LogP contribution in [-0.2, 0) is 12.5 Å². The zero-order valence-corrected chi connectivity index (χ0v) is 10.2. The molecule has 0 unspecified atom stereocenters. The normalized spacial score (nSPS) is 11.6. The lowest BCUT2D eigenvalue weighted by atomic mass is 9.99. The lowest BCUT2D eigenvalue weighted by molar-refractivity contribution is 0.0175. The molecule has 0 amide bonds. The molecule has 0 aliphatic carbocycles. The number of halogens is 2. The van der Waals surface area contributed by atoms with Crippen molar-refractivity contribution in [3.8, 4) is 11.1 Å². The van der Waals surface area contributed by atoms with E-state index in [-0.39, 0.29) is 5.56 Å². The molecule has 94 valence electrons. The molecule has 18 heavy (non-hydrogen) atoms. The van der Waals surface area contributed by atoms with Crippen LogP contribution in [0.3, 0.4) is 0 Å². The second-order valence-electron chi connectivity index (χ2n) is 4.37. The summed E-state index contributed by atoms with van der Waals surface area (Å²) in [6, 6.07) is 14.1. The Hall–Kier alpha value is -1.74. The van der Waals surface area contributed by atoms with Crippen molar-refractivity contribution in [1.82, 2.24) is 0 Å². The van der Waals surface area contributed by atoms with Crippen LogP contribution in [0.25, 0.3) is 11.1 Å². The number of rotatable bonds is 3. The maximum absolute atomic E-state index is 13.3. The minimum atomic E-state index is -2.82. The SMILES string of the molecule is CC(F)(F)c1cccc(-c2cccc(CN)c2)c1. The summed E-state index contributed by atoms with van der Waals surface area (Å²) in [5.41, 5.74) is 8.28. The fourth-order valence-electron chi connectivity index (χ4n) is 1.85. The smallest absolute Gasteiger partial charge is 0.270 e. The fourth-order valence-corrected chi connectivity index (χ4v) is 1.85. The van der Waals surface area contributed by atoms with Gasteiger partial charge in [0.25, 0.3) is 5.92 Å². The summed E-state index contributed by atoms with van der Waals surface area (Å²) in [7, 11) is 0. The van der Waals surface area contributed by atoms with E-state index in [2.05, 4.69) is 0 Å². The van der Waals surface area contributed by atoms with Gasteiger partial charge >= 0.3 is 0 Å². The van der Waals surface area contributed by atoms with Gasteiger partial charge in [0.15, 0.2) is 0 Å². The monoisotopic (exact) mass is 247 g/mol. The van der Waals surface area contributed by atoms with Crippen LogP contribution in [0, 0.1) is 0 Å². The highest BCUT2D eigenvalue weighted by atomic mass is 19.3. The molecule has 2 aromatic rings. The summed E-state index contributed by atoms with van der Waals surface area (Å²) in [6.45, 7) is 1.35. The van der Waals surface area contributed by atoms with Gasteiger partial charge in [0.2, 0.25) is 0 Å². The van der Waals surface area contributed by atoms with Crippen molar-refractivity contribution in [1.29, 1.82) is 0 Å². The highest BCUT2D eigenvalue weighted by Crippen LogP contribution is 2.30.